The second kappa shape index (κ2) is 2.61. The van der Waals surface area contributed by atoms with Crippen molar-refractivity contribution in [2.24, 2.45) is 0 Å². The van der Waals surface area contributed by atoms with Crippen molar-refractivity contribution in [1.29, 1.82) is 0 Å². The Morgan fingerprint density at radius 2 is 2.50 bits per heavy atom. The van der Waals surface area contributed by atoms with Gasteiger partial charge in [0.15, 0.2) is 0 Å². The lowest BCUT2D eigenvalue weighted by Crippen LogP contribution is -1.95. The standard InChI is InChI=1S/C7H4N3O2/c11-7-9-6(10-12-7)5-3-1-2-4-8-5/h1,3-4H,(H,9,10,11). The fraction of sp³-hybridized carbons (Fsp3) is 0. The molecule has 1 N–H and O–H groups in total. The molecule has 0 amide bonds. The number of hydrogen-bond acceptors (Lipinski definition) is 4. The van der Waals surface area contributed by atoms with Crippen LogP contribution >= 0.6 is 0 Å². The van der Waals surface area contributed by atoms with Crippen LogP contribution in [0.1, 0.15) is 0 Å². The van der Waals surface area contributed by atoms with Crippen molar-refractivity contribution in [3.8, 4) is 11.5 Å². The van der Waals surface area contributed by atoms with Crippen LogP contribution in [0.25, 0.3) is 11.5 Å². The lowest BCUT2D eigenvalue weighted by molar-refractivity contribution is 0.387. The van der Waals surface area contributed by atoms with Gasteiger partial charge in [-0.15, -0.1) is 0 Å². The van der Waals surface area contributed by atoms with Gasteiger partial charge in [0, 0.05) is 12.3 Å². The molecule has 2 heterocycles. The van der Waals surface area contributed by atoms with Gasteiger partial charge in [0.25, 0.3) is 0 Å². The summed E-state index contributed by atoms with van der Waals surface area (Å²) in [5.41, 5.74) is 0.555. The molecule has 2 aromatic rings. The molecule has 0 bridgehead atoms. The largest absolute Gasteiger partial charge is 0.439 e. The highest BCUT2D eigenvalue weighted by Crippen LogP contribution is 2.06. The zero-order valence-corrected chi connectivity index (χ0v) is 5.94. The van der Waals surface area contributed by atoms with E-state index in [0.717, 1.165) is 0 Å². The van der Waals surface area contributed by atoms with Gasteiger partial charge >= 0.3 is 5.76 Å². The Morgan fingerprint density at radius 3 is 3.08 bits per heavy atom. The first-order valence-corrected chi connectivity index (χ1v) is 3.25. The van der Waals surface area contributed by atoms with Crippen LogP contribution in [-0.4, -0.2) is 15.1 Å². The molecule has 0 aliphatic carbocycles. The van der Waals surface area contributed by atoms with E-state index in [1.165, 1.54) is 6.20 Å². The van der Waals surface area contributed by atoms with Crippen LogP contribution in [0.3, 0.4) is 0 Å². The van der Waals surface area contributed by atoms with Gasteiger partial charge in [0.1, 0.15) is 5.69 Å². The average Bonchev–Trinajstić information content (AvgIpc) is 2.54. The summed E-state index contributed by atoms with van der Waals surface area (Å²) >= 11 is 0. The summed E-state index contributed by atoms with van der Waals surface area (Å²) in [5, 5.41) is 3.47. The predicted molar refractivity (Wildman–Crippen MR) is 39.2 cm³/mol. The second-order valence-electron chi connectivity index (χ2n) is 2.09. The maximum absolute atomic E-state index is 10.5. The zero-order valence-electron chi connectivity index (χ0n) is 5.94. The molecule has 0 spiro atoms. The molecule has 0 saturated heterocycles. The van der Waals surface area contributed by atoms with Crippen molar-refractivity contribution >= 4 is 0 Å². The summed E-state index contributed by atoms with van der Waals surface area (Å²) in [6, 6.07) is 6.10. The van der Waals surface area contributed by atoms with E-state index in [-0.39, 0.29) is 0 Å². The number of hydrogen-bond donors (Lipinski definition) is 1. The first kappa shape index (κ1) is 6.78. The van der Waals surface area contributed by atoms with Gasteiger partial charge < -0.3 is 0 Å². The highest BCUT2D eigenvalue weighted by atomic mass is 16.5. The van der Waals surface area contributed by atoms with Crippen molar-refractivity contribution in [2.45, 2.75) is 0 Å². The van der Waals surface area contributed by atoms with Crippen molar-refractivity contribution in [2.75, 3.05) is 0 Å². The minimum Gasteiger partial charge on any atom is -0.296 e. The molecule has 2 aromatic heterocycles. The number of H-pyrrole nitrogens is 1. The number of pyridine rings is 1. The number of aromatic amines is 1. The molecule has 59 valence electrons. The van der Waals surface area contributed by atoms with Crippen LogP contribution in [0.4, 0.5) is 0 Å². The summed E-state index contributed by atoms with van der Waals surface area (Å²) in [6.07, 6.45) is 1.49. The highest BCUT2D eigenvalue weighted by Gasteiger charge is 2.02. The Hall–Kier alpha value is -1.91. The lowest BCUT2D eigenvalue weighted by Gasteiger charge is -1.88. The average molecular weight is 162 g/mol. The summed E-state index contributed by atoms with van der Waals surface area (Å²) in [6.45, 7) is 0. The molecular weight excluding hydrogens is 158 g/mol. The molecule has 5 nitrogen and oxygen atoms in total. The molecule has 5 heteroatoms. The first-order valence-electron chi connectivity index (χ1n) is 3.25. The van der Waals surface area contributed by atoms with Crippen molar-refractivity contribution < 1.29 is 4.52 Å². The number of rotatable bonds is 1. The van der Waals surface area contributed by atoms with E-state index in [2.05, 4.69) is 25.7 Å². The lowest BCUT2D eigenvalue weighted by atomic mass is 10.3. The van der Waals surface area contributed by atoms with Gasteiger partial charge in [0.2, 0.25) is 5.82 Å². The highest BCUT2D eigenvalue weighted by molar-refractivity contribution is 5.46. The van der Waals surface area contributed by atoms with Crippen LogP contribution in [0.2, 0.25) is 0 Å². The third kappa shape index (κ3) is 1.12. The van der Waals surface area contributed by atoms with Gasteiger partial charge in [-0.05, 0) is 6.07 Å². The fourth-order valence-electron chi connectivity index (χ4n) is 0.800. The van der Waals surface area contributed by atoms with E-state index >= 15 is 0 Å². The third-order valence-corrected chi connectivity index (χ3v) is 1.30. The maximum atomic E-state index is 10.5. The van der Waals surface area contributed by atoms with Gasteiger partial charge in [-0.25, -0.2) is 4.79 Å². The Kier molecular flexibility index (Phi) is 1.48. The molecule has 0 aromatic carbocycles. The monoisotopic (exact) mass is 162 g/mol. The van der Waals surface area contributed by atoms with Gasteiger partial charge in [-0.1, -0.05) is 11.2 Å². The molecule has 0 aliphatic rings. The Bertz CT molecular complexity index is 417. The van der Waals surface area contributed by atoms with Crippen molar-refractivity contribution in [3.05, 3.63) is 34.9 Å². The molecule has 0 atom stereocenters. The third-order valence-electron chi connectivity index (χ3n) is 1.30. The van der Waals surface area contributed by atoms with E-state index in [0.29, 0.717) is 11.5 Å². The number of nitrogens with one attached hydrogen (secondary N) is 1. The van der Waals surface area contributed by atoms with E-state index in [9.17, 15) is 4.79 Å². The minimum atomic E-state index is -0.584. The fourth-order valence-corrected chi connectivity index (χ4v) is 0.800. The van der Waals surface area contributed by atoms with Crippen LogP contribution in [0, 0.1) is 6.07 Å². The van der Waals surface area contributed by atoms with E-state index in [1.54, 1.807) is 12.1 Å². The Balaban J connectivity index is 2.51. The maximum Gasteiger partial charge on any atom is 0.439 e. The minimum absolute atomic E-state index is 0.328. The van der Waals surface area contributed by atoms with Crippen LogP contribution in [0.5, 0.6) is 0 Å². The van der Waals surface area contributed by atoms with Gasteiger partial charge in [-0.2, -0.15) is 0 Å². The Labute approximate surface area is 67.1 Å². The first-order chi connectivity index (χ1) is 5.86. The molecule has 0 fully saturated rings. The van der Waals surface area contributed by atoms with E-state index < -0.39 is 5.76 Å². The van der Waals surface area contributed by atoms with E-state index in [1.807, 2.05) is 0 Å². The van der Waals surface area contributed by atoms with Crippen LogP contribution < -0.4 is 5.76 Å². The zero-order chi connectivity index (χ0) is 8.39. The summed E-state index contributed by atoms with van der Waals surface area (Å²) in [5.74, 6) is -0.256. The summed E-state index contributed by atoms with van der Waals surface area (Å²) < 4.78 is 4.31. The molecule has 0 saturated carbocycles. The number of nitrogens with zero attached hydrogens (tertiary/aromatic N) is 2. The molecule has 12 heavy (non-hydrogen) atoms. The van der Waals surface area contributed by atoms with Crippen molar-refractivity contribution in [3.63, 3.8) is 0 Å². The smallest absolute Gasteiger partial charge is 0.296 e. The predicted octanol–water partition coefficient (Wildman–Crippen LogP) is 0.225. The SMILES string of the molecule is O=c1[nH]c(-c2cc[c]cn2)no1. The molecule has 2 rings (SSSR count). The quantitative estimate of drug-likeness (QED) is 0.651. The summed E-state index contributed by atoms with van der Waals surface area (Å²) in [4.78, 5) is 16.8. The molecule has 0 aliphatic heterocycles. The van der Waals surface area contributed by atoms with Gasteiger partial charge in [-0.3, -0.25) is 14.5 Å². The van der Waals surface area contributed by atoms with E-state index in [4.69, 9.17) is 0 Å². The van der Waals surface area contributed by atoms with Crippen LogP contribution in [0.15, 0.2) is 27.6 Å². The molecule has 1 radical (unpaired) electrons. The van der Waals surface area contributed by atoms with Crippen molar-refractivity contribution in [1.82, 2.24) is 15.1 Å². The van der Waals surface area contributed by atoms with Gasteiger partial charge in [0.05, 0.1) is 0 Å². The Morgan fingerprint density at radius 1 is 1.58 bits per heavy atom. The number of aromatic nitrogens is 3. The summed E-state index contributed by atoms with van der Waals surface area (Å²) in [7, 11) is 0. The second-order valence-corrected chi connectivity index (χ2v) is 2.09. The molecule has 0 unspecified atom stereocenters. The molecular formula is C7H4N3O2. The normalized spacial score (nSPS) is 10.0. The van der Waals surface area contributed by atoms with Crippen LogP contribution in [-0.2, 0) is 0 Å². The topological polar surface area (TPSA) is 71.8 Å².